The van der Waals surface area contributed by atoms with E-state index in [-0.39, 0.29) is 11.8 Å². The standard InChI is InChI=1S/C19H16N2O3S2/c1-12(22)20-14-6-8-15(9-7-14)21-18(23)17(26-19(21)25)11-13-4-3-5-16(10-13)24-2/h3-11H,1-2H3,(H,20,22)/b17-11-. The number of rotatable bonds is 4. The topological polar surface area (TPSA) is 58.6 Å². The molecule has 0 aromatic heterocycles. The van der Waals surface area contributed by atoms with Crippen LogP contribution in [0.2, 0.25) is 0 Å². The monoisotopic (exact) mass is 384 g/mol. The van der Waals surface area contributed by atoms with E-state index in [1.807, 2.05) is 24.3 Å². The van der Waals surface area contributed by atoms with Gasteiger partial charge in [-0.05, 0) is 48.0 Å². The highest BCUT2D eigenvalue weighted by molar-refractivity contribution is 8.27. The zero-order chi connectivity index (χ0) is 18.7. The van der Waals surface area contributed by atoms with Crippen molar-refractivity contribution in [3.8, 4) is 5.75 Å². The van der Waals surface area contributed by atoms with Gasteiger partial charge in [-0.15, -0.1) is 0 Å². The van der Waals surface area contributed by atoms with Gasteiger partial charge >= 0.3 is 0 Å². The van der Waals surface area contributed by atoms with Gasteiger partial charge in [0.05, 0.1) is 17.7 Å². The van der Waals surface area contributed by atoms with Crippen LogP contribution in [0.1, 0.15) is 12.5 Å². The second-order valence-corrected chi connectivity index (χ2v) is 7.20. The Labute approximate surface area is 161 Å². The summed E-state index contributed by atoms with van der Waals surface area (Å²) in [5.41, 5.74) is 2.19. The molecule has 26 heavy (non-hydrogen) atoms. The number of benzene rings is 2. The largest absolute Gasteiger partial charge is 0.497 e. The van der Waals surface area contributed by atoms with Crippen molar-refractivity contribution in [2.24, 2.45) is 0 Å². The normalized spacial score (nSPS) is 15.5. The maximum atomic E-state index is 12.8. The lowest BCUT2D eigenvalue weighted by Crippen LogP contribution is -2.27. The fourth-order valence-corrected chi connectivity index (χ4v) is 3.77. The molecule has 0 unspecified atom stereocenters. The summed E-state index contributed by atoms with van der Waals surface area (Å²) in [4.78, 5) is 25.9. The van der Waals surface area contributed by atoms with Crippen LogP contribution in [0.3, 0.4) is 0 Å². The first-order valence-electron chi connectivity index (χ1n) is 7.77. The number of carbonyl (C=O) groups excluding carboxylic acids is 2. The van der Waals surface area contributed by atoms with Gasteiger partial charge in [0.25, 0.3) is 5.91 Å². The highest BCUT2D eigenvalue weighted by Crippen LogP contribution is 2.36. The van der Waals surface area contributed by atoms with Gasteiger partial charge in [-0.1, -0.05) is 36.1 Å². The Balaban J connectivity index is 1.84. The van der Waals surface area contributed by atoms with Gasteiger partial charge in [0.15, 0.2) is 4.32 Å². The van der Waals surface area contributed by atoms with Gasteiger partial charge in [0.1, 0.15) is 5.75 Å². The maximum Gasteiger partial charge on any atom is 0.270 e. The van der Waals surface area contributed by atoms with Crippen LogP contribution in [0.4, 0.5) is 11.4 Å². The molecule has 0 bridgehead atoms. The molecular formula is C19H16N2O3S2. The maximum absolute atomic E-state index is 12.8. The van der Waals surface area contributed by atoms with Gasteiger partial charge < -0.3 is 10.1 Å². The van der Waals surface area contributed by atoms with Gasteiger partial charge in [0.2, 0.25) is 5.91 Å². The Bertz CT molecular complexity index is 907. The first-order valence-corrected chi connectivity index (χ1v) is 9.00. The Morgan fingerprint density at radius 3 is 2.62 bits per heavy atom. The SMILES string of the molecule is COc1cccc(/C=C2\SC(=S)N(c3ccc(NC(C)=O)cc3)C2=O)c1. The summed E-state index contributed by atoms with van der Waals surface area (Å²) in [6.45, 7) is 1.44. The van der Waals surface area contributed by atoms with E-state index >= 15 is 0 Å². The third-order valence-electron chi connectivity index (χ3n) is 3.63. The van der Waals surface area contributed by atoms with Crippen LogP contribution >= 0.6 is 24.0 Å². The number of hydrogen-bond donors (Lipinski definition) is 1. The Hall–Kier alpha value is -2.64. The van der Waals surface area contributed by atoms with Gasteiger partial charge in [0, 0.05) is 12.6 Å². The summed E-state index contributed by atoms with van der Waals surface area (Å²) in [6, 6.07) is 14.5. The van der Waals surface area contributed by atoms with E-state index in [0.29, 0.717) is 20.6 Å². The number of anilines is 2. The third-order valence-corrected chi connectivity index (χ3v) is 4.93. The molecule has 2 aromatic rings. The average molecular weight is 384 g/mol. The number of carbonyl (C=O) groups is 2. The van der Waals surface area contributed by atoms with Crippen molar-refractivity contribution in [1.29, 1.82) is 0 Å². The van der Waals surface area contributed by atoms with Crippen molar-refractivity contribution in [2.45, 2.75) is 6.92 Å². The van der Waals surface area contributed by atoms with Crippen molar-refractivity contribution in [3.63, 3.8) is 0 Å². The van der Waals surface area contributed by atoms with E-state index in [1.54, 1.807) is 37.5 Å². The van der Waals surface area contributed by atoms with Crippen LogP contribution in [0.15, 0.2) is 53.4 Å². The second-order valence-electron chi connectivity index (χ2n) is 5.52. The van der Waals surface area contributed by atoms with Crippen LogP contribution in [0, 0.1) is 0 Å². The Morgan fingerprint density at radius 2 is 1.96 bits per heavy atom. The molecule has 1 heterocycles. The quantitative estimate of drug-likeness (QED) is 0.636. The molecule has 7 heteroatoms. The highest BCUT2D eigenvalue weighted by Gasteiger charge is 2.33. The second kappa shape index (κ2) is 7.72. The zero-order valence-corrected chi connectivity index (χ0v) is 15.8. The fourth-order valence-electron chi connectivity index (χ4n) is 2.47. The summed E-state index contributed by atoms with van der Waals surface area (Å²) in [6.07, 6.45) is 1.80. The van der Waals surface area contributed by atoms with E-state index in [0.717, 1.165) is 11.3 Å². The Morgan fingerprint density at radius 1 is 1.23 bits per heavy atom. The van der Waals surface area contributed by atoms with E-state index in [1.165, 1.54) is 23.6 Å². The summed E-state index contributed by atoms with van der Waals surface area (Å²) in [7, 11) is 1.60. The summed E-state index contributed by atoms with van der Waals surface area (Å²) in [5, 5.41) is 2.69. The first-order chi connectivity index (χ1) is 12.5. The number of nitrogens with zero attached hydrogens (tertiary/aromatic N) is 1. The van der Waals surface area contributed by atoms with Gasteiger partial charge in [-0.2, -0.15) is 0 Å². The van der Waals surface area contributed by atoms with Gasteiger partial charge in [-0.3, -0.25) is 14.5 Å². The minimum Gasteiger partial charge on any atom is -0.497 e. The third kappa shape index (κ3) is 3.95. The van der Waals surface area contributed by atoms with Crippen molar-refractivity contribution in [2.75, 3.05) is 17.3 Å². The molecule has 0 saturated carbocycles. The summed E-state index contributed by atoms with van der Waals surface area (Å²) >= 11 is 6.64. The molecule has 0 radical (unpaired) electrons. The van der Waals surface area contributed by atoms with Crippen LogP contribution in [-0.2, 0) is 9.59 Å². The Kier molecular flexibility index (Phi) is 5.39. The lowest BCUT2D eigenvalue weighted by Gasteiger charge is -2.15. The molecule has 132 valence electrons. The van der Waals surface area contributed by atoms with Crippen molar-refractivity contribution >= 4 is 57.6 Å². The van der Waals surface area contributed by atoms with E-state index in [9.17, 15) is 9.59 Å². The number of thioether (sulfide) groups is 1. The minimum absolute atomic E-state index is 0.149. The molecular weight excluding hydrogens is 368 g/mol. The molecule has 1 aliphatic heterocycles. The molecule has 1 aliphatic rings. The zero-order valence-electron chi connectivity index (χ0n) is 14.2. The molecule has 2 aromatic carbocycles. The summed E-state index contributed by atoms with van der Waals surface area (Å²) in [5.74, 6) is 0.405. The average Bonchev–Trinajstić information content (AvgIpc) is 2.89. The van der Waals surface area contributed by atoms with Crippen molar-refractivity contribution in [3.05, 3.63) is 59.0 Å². The number of methoxy groups -OCH3 is 1. The van der Waals surface area contributed by atoms with Crippen molar-refractivity contribution < 1.29 is 14.3 Å². The molecule has 0 spiro atoms. The highest BCUT2D eigenvalue weighted by atomic mass is 32.2. The van der Waals surface area contributed by atoms with Gasteiger partial charge in [-0.25, -0.2) is 0 Å². The van der Waals surface area contributed by atoms with Crippen LogP contribution < -0.4 is 15.0 Å². The van der Waals surface area contributed by atoms with E-state index in [4.69, 9.17) is 17.0 Å². The molecule has 0 aliphatic carbocycles. The van der Waals surface area contributed by atoms with Crippen LogP contribution in [0.25, 0.3) is 6.08 Å². The van der Waals surface area contributed by atoms with Crippen molar-refractivity contribution in [1.82, 2.24) is 0 Å². The number of ether oxygens (including phenoxy) is 1. The fraction of sp³-hybridized carbons (Fsp3) is 0.105. The molecule has 5 nitrogen and oxygen atoms in total. The number of nitrogens with one attached hydrogen (secondary N) is 1. The number of hydrogen-bond acceptors (Lipinski definition) is 5. The smallest absolute Gasteiger partial charge is 0.270 e. The van der Waals surface area contributed by atoms with Crippen LogP contribution in [-0.4, -0.2) is 23.2 Å². The van der Waals surface area contributed by atoms with Crippen LogP contribution in [0.5, 0.6) is 5.75 Å². The lowest BCUT2D eigenvalue weighted by atomic mass is 10.2. The molecule has 1 N–H and O–H groups in total. The lowest BCUT2D eigenvalue weighted by molar-refractivity contribution is -0.114. The molecule has 2 amide bonds. The first kappa shape index (κ1) is 18.2. The molecule has 3 rings (SSSR count). The number of thiocarbonyl (C=S) groups is 1. The molecule has 0 atom stereocenters. The minimum atomic E-state index is -0.171. The predicted octanol–water partition coefficient (Wildman–Crippen LogP) is 4.06. The number of amides is 2. The van der Waals surface area contributed by atoms with E-state index in [2.05, 4.69) is 5.32 Å². The molecule has 1 fully saturated rings. The summed E-state index contributed by atoms with van der Waals surface area (Å²) < 4.78 is 5.68. The van der Waals surface area contributed by atoms with E-state index < -0.39 is 0 Å². The predicted molar refractivity (Wildman–Crippen MR) is 109 cm³/mol. The molecule has 1 saturated heterocycles.